The van der Waals surface area contributed by atoms with Gasteiger partial charge in [0.2, 0.25) is 0 Å². The number of halogens is 1. The normalized spacial score (nSPS) is 11.1. The van der Waals surface area contributed by atoms with Crippen LogP contribution in [0.5, 0.6) is 0 Å². The Morgan fingerprint density at radius 3 is 3.16 bits per heavy atom. The summed E-state index contributed by atoms with van der Waals surface area (Å²) in [5.74, 6) is 2.22. The minimum atomic E-state index is 0.431. The molecule has 3 aromatic heterocycles. The minimum Gasteiger partial charge on any atom is -0.469 e. The quantitative estimate of drug-likeness (QED) is 0.741. The monoisotopic (exact) mass is 277 g/mol. The molecule has 0 aliphatic rings. The summed E-state index contributed by atoms with van der Waals surface area (Å²) in [5.41, 5.74) is 0.846. The lowest BCUT2D eigenvalue weighted by molar-refractivity contribution is 0.512. The number of furan rings is 1. The smallest absolute Gasteiger partial charge is 0.255 e. The fraction of sp³-hybridized carbons (Fsp3) is 0.250. The van der Waals surface area contributed by atoms with Gasteiger partial charge in [-0.25, -0.2) is 0 Å². The van der Waals surface area contributed by atoms with Crippen LogP contribution in [-0.2, 0) is 6.42 Å². The number of nitrogens with one attached hydrogen (secondary N) is 1. The highest BCUT2D eigenvalue weighted by atomic mass is 35.5. The molecule has 0 unspecified atom stereocenters. The predicted octanol–water partition coefficient (Wildman–Crippen LogP) is 2.33. The standard InChI is InChI=1S/C12H12ClN5O/c1-8-10(13)17-12-15-7-16-18(12)11(8)14-5-4-9-3-2-6-19-9/h2-3,6-7,14H,4-5H2,1H3. The van der Waals surface area contributed by atoms with E-state index < -0.39 is 0 Å². The Bertz CT molecular complexity index is 692. The molecule has 0 saturated carbocycles. The Labute approximate surface area is 114 Å². The maximum atomic E-state index is 6.08. The lowest BCUT2D eigenvalue weighted by Crippen LogP contribution is -2.11. The first-order chi connectivity index (χ1) is 9.25. The highest BCUT2D eigenvalue weighted by Gasteiger charge is 2.11. The molecule has 6 nitrogen and oxygen atoms in total. The van der Waals surface area contributed by atoms with Crippen LogP contribution < -0.4 is 5.32 Å². The zero-order chi connectivity index (χ0) is 13.2. The number of fused-ring (bicyclic) bond motifs is 1. The molecule has 0 aromatic carbocycles. The molecule has 19 heavy (non-hydrogen) atoms. The van der Waals surface area contributed by atoms with Crippen molar-refractivity contribution in [2.24, 2.45) is 0 Å². The topological polar surface area (TPSA) is 68.2 Å². The zero-order valence-corrected chi connectivity index (χ0v) is 11.1. The highest BCUT2D eigenvalue weighted by molar-refractivity contribution is 6.30. The van der Waals surface area contributed by atoms with Crippen LogP contribution in [0, 0.1) is 6.92 Å². The summed E-state index contributed by atoms with van der Waals surface area (Å²) in [4.78, 5) is 8.19. The van der Waals surface area contributed by atoms with Crippen molar-refractivity contribution in [1.29, 1.82) is 0 Å². The van der Waals surface area contributed by atoms with Gasteiger partial charge in [0.1, 0.15) is 23.1 Å². The molecule has 0 radical (unpaired) electrons. The van der Waals surface area contributed by atoms with E-state index >= 15 is 0 Å². The first-order valence-electron chi connectivity index (χ1n) is 5.88. The van der Waals surface area contributed by atoms with Gasteiger partial charge in [-0.15, -0.1) is 0 Å². The molecular formula is C12H12ClN5O. The van der Waals surface area contributed by atoms with E-state index in [2.05, 4.69) is 20.4 Å². The molecule has 3 rings (SSSR count). The number of aromatic nitrogens is 4. The maximum Gasteiger partial charge on any atom is 0.255 e. The van der Waals surface area contributed by atoms with Gasteiger partial charge in [0, 0.05) is 18.5 Å². The van der Waals surface area contributed by atoms with Gasteiger partial charge in [0.05, 0.1) is 6.26 Å². The van der Waals surface area contributed by atoms with E-state index in [1.165, 1.54) is 6.33 Å². The molecule has 7 heteroatoms. The Morgan fingerprint density at radius 1 is 1.47 bits per heavy atom. The minimum absolute atomic E-state index is 0.431. The summed E-state index contributed by atoms with van der Waals surface area (Å²) in [6, 6.07) is 3.82. The van der Waals surface area contributed by atoms with Crippen LogP contribution >= 0.6 is 11.6 Å². The molecule has 0 atom stereocenters. The number of hydrogen-bond donors (Lipinski definition) is 1. The van der Waals surface area contributed by atoms with E-state index in [0.717, 1.165) is 23.6 Å². The third-order valence-corrected chi connectivity index (χ3v) is 3.22. The third-order valence-electron chi connectivity index (χ3n) is 2.85. The van der Waals surface area contributed by atoms with Crippen molar-refractivity contribution in [1.82, 2.24) is 19.6 Å². The van der Waals surface area contributed by atoms with Gasteiger partial charge in [0.15, 0.2) is 0 Å². The summed E-state index contributed by atoms with van der Waals surface area (Å²) in [5, 5.41) is 7.86. The zero-order valence-electron chi connectivity index (χ0n) is 10.3. The lowest BCUT2D eigenvalue weighted by Gasteiger charge is -2.10. The van der Waals surface area contributed by atoms with Crippen LogP contribution in [0.25, 0.3) is 5.78 Å². The van der Waals surface area contributed by atoms with Crippen molar-refractivity contribution >= 4 is 23.2 Å². The van der Waals surface area contributed by atoms with Crippen molar-refractivity contribution in [3.05, 3.63) is 41.2 Å². The predicted molar refractivity (Wildman–Crippen MR) is 71.4 cm³/mol. The summed E-state index contributed by atoms with van der Waals surface area (Å²) in [6.07, 6.45) is 3.90. The van der Waals surface area contributed by atoms with E-state index in [4.69, 9.17) is 16.0 Å². The summed E-state index contributed by atoms with van der Waals surface area (Å²) in [7, 11) is 0. The molecule has 1 N–H and O–H groups in total. The molecule has 3 aromatic rings. The van der Waals surface area contributed by atoms with Crippen LogP contribution in [0.4, 0.5) is 5.82 Å². The van der Waals surface area contributed by atoms with Crippen LogP contribution in [0.15, 0.2) is 29.1 Å². The molecule has 0 aliphatic heterocycles. The molecule has 0 bridgehead atoms. The van der Waals surface area contributed by atoms with Gasteiger partial charge in [0.25, 0.3) is 5.78 Å². The Hall–Kier alpha value is -2.08. The number of anilines is 1. The first kappa shape index (κ1) is 12.0. The van der Waals surface area contributed by atoms with E-state index in [9.17, 15) is 0 Å². The van der Waals surface area contributed by atoms with Crippen molar-refractivity contribution < 1.29 is 4.42 Å². The van der Waals surface area contributed by atoms with Crippen LogP contribution in [-0.4, -0.2) is 26.1 Å². The molecule has 0 amide bonds. The SMILES string of the molecule is Cc1c(Cl)nc2ncnn2c1NCCc1ccco1. The molecule has 0 fully saturated rings. The second kappa shape index (κ2) is 4.89. The van der Waals surface area contributed by atoms with Gasteiger partial charge in [-0.2, -0.15) is 19.6 Å². The second-order valence-corrected chi connectivity index (χ2v) is 4.46. The van der Waals surface area contributed by atoms with E-state index in [0.29, 0.717) is 17.5 Å². The summed E-state index contributed by atoms with van der Waals surface area (Å²) in [6.45, 7) is 2.61. The summed E-state index contributed by atoms with van der Waals surface area (Å²) < 4.78 is 6.93. The number of nitrogens with zero attached hydrogens (tertiary/aromatic N) is 4. The van der Waals surface area contributed by atoms with Gasteiger partial charge in [-0.3, -0.25) is 0 Å². The molecular weight excluding hydrogens is 266 g/mol. The Morgan fingerprint density at radius 2 is 2.37 bits per heavy atom. The molecule has 98 valence electrons. The van der Waals surface area contributed by atoms with Gasteiger partial charge < -0.3 is 9.73 Å². The lowest BCUT2D eigenvalue weighted by atomic mass is 10.3. The van der Waals surface area contributed by atoms with Crippen molar-refractivity contribution in [2.45, 2.75) is 13.3 Å². The average molecular weight is 278 g/mol. The fourth-order valence-electron chi connectivity index (χ4n) is 1.86. The molecule has 0 aliphatic carbocycles. The van der Waals surface area contributed by atoms with Gasteiger partial charge >= 0.3 is 0 Å². The van der Waals surface area contributed by atoms with Crippen molar-refractivity contribution in [3.63, 3.8) is 0 Å². The fourth-order valence-corrected chi connectivity index (χ4v) is 2.03. The van der Waals surface area contributed by atoms with E-state index in [-0.39, 0.29) is 0 Å². The second-order valence-electron chi connectivity index (χ2n) is 4.10. The van der Waals surface area contributed by atoms with Gasteiger partial charge in [-0.05, 0) is 19.1 Å². The maximum absolute atomic E-state index is 6.08. The number of rotatable bonds is 4. The van der Waals surface area contributed by atoms with Crippen LogP contribution in [0.2, 0.25) is 5.15 Å². The van der Waals surface area contributed by atoms with Gasteiger partial charge in [-0.1, -0.05) is 11.6 Å². The highest BCUT2D eigenvalue weighted by Crippen LogP contribution is 2.21. The Kier molecular flexibility index (Phi) is 3.08. The molecule has 0 saturated heterocycles. The average Bonchev–Trinajstić information content (AvgIpc) is 3.04. The van der Waals surface area contributed by atoms with Crippen LogP contribution in [0.3, 0.4) is 0 Å². The largest absolute Gasteiger partial charge is 0.469 e. The third kappa shape index (κ3) is 2.26. The van der Waals surface area contributed by atoms with Crippen molar-refractivity contribution in [2.75, 3.05) is 11.9 Å². The number of hydrogen-bond acceptors (Lipinski definition) is 5. The van der Waals surface area contributed by atoms with E-state index in [1.54, 1.807) is 10.8 Å². The van der Waals surface area contributed by atoms with Crippen molar-refractivity contribution in [3.8, 4) is 0 Å². The molecule has 3 heterocycles. The molecule has 0 spiro atoms. The summed E-state index contributed by atoms with van der Waals surface area (Å²) >= 11 is 6.08. The first-order valence-corrected chi connectivity index (χ1v) is 6.25. The Balaban J connectivity index is 1.83. The van der Waals surface area contributed by atoms with E-state index in [1.807, 2.05) is 19.1 Å². The van der Waals surface area contributed by atoms with Crippen LogP contribution in [0.1, 0.15) is 11.3 Å².